The molecule has 0 amide bonds. The van der Waals surface area contributed by atoms with E-state index in [1.54, 1.807) is 12.1 Å². The van der Waals surface area contributed by atoms with Gasteiger partial charge in [-0.3, -0.25) is 4.98 Å². The van der Waals surface area contributed by atoms with Crippen LogP contribution in [-0.4, -0.2) is 4.98 Å². The van der Waals surface area contributed by atoms with Crippen molar-refractivity contribution in [3.63, 3.8) is 0 Å². The average Bonchev–Trinajstić information content (AvgIpc) is 2.61. The third-order valence-electron chi connectivity index (χ3n) is 3.29. The van der Waals surface area contributed by atoms with Gasteiger partial charge in [0.05, 0.1) is 21.4 Å². The number of nitrogens with zero attached hydrogens (tertiary/aromatic N) is 1. The maximum atomic E-state index is 6.08. The Morgan fingerprint density at radius 3 is 1.54 bits per heavy atom. The Balaban J connectivity index is 1.62. The molecule has 1 heterocycles. The van der Waals surface area contributed by atoms with Gasteiger partial charge >= 0.3 is 0 Å². The van der Waals surface area contributed by atoms with Crippen molar-refractivity contribution in [2.45, 2.75) is 13.2 Å². The van der Waals surface area contributed by atoms with Crippen molar-refractivity contribution in [1.29, 1.82) is 0 Å². The molecule has 0 saturated carbocycles. The molecule has 0 N–H and O–H groups in total. The molecule has 0 aliphatic heterocycles. The van der Waals surface area contributed by atoms with Crippen LogP contribution in [0.25, 0.3) is 0 Å². The van der Waals surface area contributed by atoms with Crippen molar-refractivity contribution in [2.75, 3.05) is 0 Å². The molecule has 0 spiro atoms. The van der Waals surface area contributed by atoms with Crippen LogP contribution in [0.4, 0.5) is 0 Å². The normalized spacial score (nSPS) is 10.4. The number of hydrogen-bond acceptors (Lipinski definition) is 3. The van der Waals surface area contributed by atoms with E-state index in [0.29, 0.717) is 34.8 Å². The van der Waals surface area contributed by atoms with Crippen LogP contribution in [0, 0.1) is 0 Å². The summed E-state index contributed by atoms with van der Waals surface area (Å²) in [4.78, 5) is 4.53. The highest BCUT2D eigenvalue weighted by molar-refractivity contribution is 6.32. The van der Waals surface area contributed by atoms with Crippen LogP contribution in [0.15, 0.2) is 66.7 Å². The van der Waals surface area contributed by atoms with Crippen LogP contribution in [0.2, 0.25) is 10.0 Å². The number of aromatic nitrogens is 1. The molecule has 0 saturated heterocycles. The van der Waals surface area contributed by atoms with E-state index in [9.17, 15) is 0 Å². The number of para-hydroxylation sites is 2. The van der Waals surface area contributed by atoms with Gasteiger partial charge in [-0.05, 0) is 36.4 Å². The molecule has 3 nitrogen and oxygen atoms in total. The van der Waals surface area contributed by atoms with Crippen molar-refractivity contribution < 1.29 is 9.47 Å². The fourth-order valence-corrected chi connectivity index (χ4v) is 2.50. The molecule has 0 unspecified atom stereocenters. The highest BCUT2D eigenvalue weighted by Crippen LogP contribution is 2.25. The standard InChI is InChI=1S/C19H15Cl2NO2/c20-16-8-1-3-10-18(16)23-12-14-6-5-7-15(22-14)13-24-19-11-4-2-9-17(19)21/h1-11H,12-13H2. The summed E-state index contributed by atoms with van der Waals surface area (Å²) in [6, 6.07) is 20.4. The van der Waals surface area contributed by atoms with Crippen LogP contribution < -0.4 is 9.47 Å². The van der Waals surface area contributed by atoms with Crippen molar-refractivity contribution in [3.05, 3.63) is 88.2 Å². The Kier molecular flexibility index (Phi) is 5.57. The summed E-state index contributed by atoms with van der Waals surface area (Å²) in [5, 5.41) is 1.16. The minimum atomic E-state index is 0.337. The van der Waals surface area contributed by atoms with Gasteiger partial charge in [0.2, 0.25) is 0 Å². The van der Waals surface area contributed by atoms with Crippen LogP contribution >= 0.6 is 23.2 Å². The number of halogens is 2. The summed E-state index contributed by atoms with van der Waals surface area (Å²) in [5.41, 5.74) is 1.60. The molecule has 2 aromatic carbocycles. The van der Waals surface area contributed by atoms with Gasteiger partial charge in [-0.25, -0.2) is 0 Å². The Hall–Kier alpha value is -2.23. The summed E-state index contributed by atoms with van der Waals surface area (Å²) >= 11 is 12.2. The lowest BCUT2D eigenvalue weighted by Gasteiger charge is -2.10. The highest BCUT2D eigenvalue weighted by atomic mass is 35.5. The first-order valence-electron chi connectivity index (χ1n) is 7.42. The van der Waals surface area contributed by atoms with E-state index in [1.807, 2.05) is 54.6 Å². The summed E-state index contributed by atoms with van der Waals surface area (Å²) in [6.07, 6.45) is 0. The maximum absolute atomic E-state index is 6.08. The van der Waals surface area contributed by atoms with Gasteiger partial charge in [0.15, 0.2) is 0 Å². The molecule has 0 fully saturated rings. The summed E-state index contributed by atoms with van der Waals surface area (Å²) in [6.45, 7) is 0.674. The summed E-state index contributed by atoms with van der Waals surface area (Å²) < 4.78 is 11.4. The summed E-state index contributed by atoms with van der Waals surface area (Å²) in [5.74, 6) is 1.28. The molecule has 0 bridgehead atoms. The largest absolute Gasteiger partial charge is 0.486 e. The van der Waals surface area contributed by atoms with Gasteiger partial charge in [0.25, 0.3) is 0 Å². The van der Waals surface area contributed by atoms with E-state index in [0.717, 1.165) is 11.4 Å². The Labute approximate surface area is 150 Å². The molecule has 122 valence electrons. The Morgan fingerprint density at radius 2 is 1.08 bits per heavy atom. The number of benzene rings is 2. The van der Waals surface area contributed by atoms with Gasteiger partial charge in [-0.15, -0.1) is 0 Å². The van der Waals surface area contributed by atoms with E-state index >= 15 is 0 Å². The molecule has 0 aliphatic rings. The van der Waals surface area contributed by atoms with Gasteiger partial charge in [0, 0.05) is 0 Å². The Bertz CT molecular complexity index is 759. The first-order chi connectivity index (χ1) is 11.7. The van der Waals surface area contributed by atoms with Gasteiger partial charge in [0.1, 0.15) is 24.7 Å². The minimum absolute atomic E-state index is 0.337. The number of pyridine rings is 1. The minimum Gasteiger partial charge on any atom is -0.486 e. The molecule has 3 aromatic rings. The predicted octanol–water partition coefficient (Wildman–Crippen LogP) is 5.55. The smallest absolute Gasteiger partial charge is 0.138 e. The molecule has 0 radical (unpaired) electrons. The monoisotopic (exact) mass is 359 g/mol. The van der Waals surface area contributed by atoms with Gasteiger partial charge < -0.3 is 9.47 Å². The van der Waals surface area contributed by atoms with Crippen molar-refractivity contribution >= 4 is 23.2 Å². The molecular formula is C19H15Cl2NO2. The predicted molar refractivity (Wildman–Crippen MR) is 95.8 cm³/mol. The zero-order valence-corrected chi connectivity index (χ0v) is 14.3. The average molecular weight is 360 g/mol. The van der Waals surface area contributed by atoms with Crippen molar-refractivity contribution in [2.24, 2.45) is 0 Å². The lowest BCUT2D eigenvalue weighted by atomic mass is 10.3. The van der Waals surface area contributed by atoms with E-state index in [-0.39, 0.29) is 0 Å². The molecule has 1 aromatic heterocycles. The number of ether oxygens (including phenoxy) is 2. The van der Waals surface area contributed by atoms with E-state index in [4.69, 9.17) is 32.7 Å². The quantitative estimate of drug-likeness (QED) is 0.578. The maximum Gasteiger partial charge on any atom is 0.138 e. The zero-order chi connectivity index (χ0) is 16.8. The van der Waals surface area contributed by atoms with Crippen LogP contribution in [-0.2, 0) is 13.2 Å². The third kappa shape index (κ3) is 4.40. The van der Waals surface area contributed by atoms with Crippen LogP contribution in [0.3, 0.4) is 0 Å². The van der Waals surface area contributed by atoms with Crippen LogP contribution in [0.1, 0.15) is 11.4 Å². The van der Waals surface area contributed by atoms with Gasteiger partial charge in [-0.2, -0.15) is 0 Å². The zero-order valence-electron chi connectivity index (χ0n) is 12.8. The fourth-order valence-electron chi connectivity index (χ4n) is 2.12. The molecule has 24 heavy (non-hydrogen) atoms. The van der Waals surface area contributed by atoms with Crippen LogP contribution in [0.5, 0.6) is 11.5 Å². The second-order valence-corrected chi connectivity index (χ2v) is 5.87. The second-order valence-electron chi connectivity index (χ2n) is 5.06. The van der Waals surface area contributed by atoms with Crippen molar-refractivity contribution in [1.82, 2.24) is 4.98 Å². The third-order valence-corrected chi connectivity index (χ3v) is 3.91. The summed E-state index contributed by atoms with van der Waals surface area (Å²) in [7, 11) is 0. The number of rotatable bonds is 6. The highest BCUT2D eigenvalue weighted by Gasteiger charge is 2.04. The van der Waals surface area contributed by atoms with E-state index in [1.165, 1.54) is 0 Å². The van der Waals surface area contributed by atoms with Gasteiger partial charge in [-0.1, -0.05) is 53.5 Å². The first-order valence-corrected chi connectivity index (χ1v) is 8.17. The molecule has 0 atom stereocenters. The molecule has 3 rings (SSSR count). The lowest BCUT2D eigenvalue weighted by Crippen LogP contribution is -2.03. The molecular weight excluding hydrogens is 345 g/mol. The second kappa shape index (κ2) is 8.04. The first kappa shape index (κ1) is 16.6. The van der Waals surface area contributed by atoms with Crippen molar-refractivity contribution in [3.8, 4) is 11.5 Å². The molecule has 5 heteroatoms. The topological polar surface area (TPSA) is 31.4 Å². The van der Waals surface area contributed by atoms with E-state index < -0.39 is 0 Å². The SMILES string of the molecule is Clc1ccccc1OCc1cccc(COc2ccccc2Cl)n1. The lowest BCUT2D eigenvalue weighted by molar-refractivity contribution is 0.290. The fraction of sp³-hybridized carbons (Fsp3) is 0.105. The molecule has 0 aliphatic carbocycles. The number of hydrogen-bond donors (Lipinski definition) is 0. The Morgan fingerprint density at radius 1 is 0.625 bits per heavy atom. The van der Waals surface area contributed by atoms with E-state index in [2.05, 4.69) is 4.98 Å².